The minimum absolute atomic E-state index is 0.122. The highest BCUT2D eigenvalue weighted by molar-refractivity contribution is 5.96. The van der Waals surface area contributed by atoms with E-state index in [1.165, 1.54) is 11.6 Å². The average Bonchev–Trinajstić information content (AvgIpc) is 3.20. The Morgan fingerprint density at radius 2 is 2.05 bits per heavy atom. The Morgan fingerprint density at radius 3 is 2.63 bits per heavy atom. The summed E-state index contributed by atoms with van der Waals surface area (Å²) in [6.07, 6.45) is 2.05. The van der Waals surface area contributed by atoms with Gasteiger partial charge in [-0.15, -0.1) is 0 Å². The minimum atomic E-state index is -0.487. The molecule has 1 aliphatic carbocycles. The number of methoxy groups -OCH3 is 1. The Bertz CT molecular complexity index is 543. The summed E-state index contributed by atoms with van der Waals surface area (Å²) in [5, 5.41) is 2.72. The number of halogens is 1. The number of aryl methyl sites for hydroxylation is 1. The van der Waals surface area contributed by atoms with E-state index in [0.29, 0.717) is 12.1 Å². The van der Waals surface area contributed by atoms with Gasteiger partial charge in [0, 0.05) is 0 Å². The first-order valence-corrected chi connectivity index (χ1v) is 6.33. The van der Waals surface area contributed by atoms with Gasteiger partial charge < -0.3 is 10.1 Å². The summed E-state index contributed by atoms with van der Waals surface area (Å²) in [7, 11) is 1.59. The maximum atomic E-state index is 13.8. The number of nitrogens with one attached hydrogen (secondary N) is 1. The van der Waals surface area contributed by atoms with E-state index in [4.69, 9.17) is 4.74 Å². The number of hydrogen-bond acceptors (Lipinski definition) is 2. The van der Waals surface area contributed by atoms with Gasteiger partial charge in [-0.1, -0.05) is 6.07 Å². The molecule has 0 aromatic heterocycles. The standard InChI is InChI=1S/C15H18FNO2/c1-9-4-7-12(16)14(10(9)2)15(18)17-8-13(19-3)11-5-6-11/h4,7H,5-6,8H2,1-3H3,(H,17,18). The van der Waals surface area contributed by atoms with E-state index in [1.54, 1.807) is 20.1 Å². The van der Waals surface area contributed by atoms with Crippen LogP contribution in [-0.4, -0.2) is 19.6 Å². The van der Waals surface area contributed by atoms with Crippen LogP contribution in [0.5, 0.6) is 0 Å². The van der Waals surface area contributed by atoms with Crippen LogP contribution in [0.2, 0.25) is 0 Å². The largest absolute Gasteiger partial charge is 0.499 e. The Kier molecular flexibility index (Phi) is 3.88. The van der Waals surface area contributed by atoms with E-state index in [2.05, 4.69) is 5.32 Å². The molecule has 0 atom stereocenters. The second kappa shape index (κ2) is 5.43. The second-order valence-corrected chi connectivity index (χ2v) is 4.78. The van der Waals surface area contributed by atoms with Gasteiger partial charge in [0.25, 0.3) is 5.91 Å². The van der Waals surface area contributed by atoms with Gasteiger partial charge in [-0.25, -0.2) is 4.39 Å². The van der Waals surface area contributed by atoms with E-state index in [1.807, 2.05) is 6.92 Å². The number of allylic oxidation sites excluding steroid dienone is 1. The number of ether oxygens (including phenoxy) is 1. The zero-order valence-electron chi connectivity index (χ0n) is 11.5. The Labute approximate surface area is 112 Å². The molecule has 4 heteroatoms. The van der Waals surface area contributed by atoms with Crippen LogP contribution in [0.1, 0.15) is 34.3 Å². The van der Waals surface area contributed by atoms with Crippen molar-refractivity contribution < 1.29 is 13.9 Å². The molecule has 1 aromatic rings. The van der Waals surface area contributed by atoms with E-state index in [-0.39, 0.29) is 5.56 Å². The van der Waals surface area contributed by atoms with Crippen molar-refractivity contribution in [2.75, 3.05) is 13.7 Å². The van der Waals surface area contributed by atoms with Gasteiger partial charge in [-0.3, -0.25) is 4.79 Å². The Balaban J connectivity index is 2.12. The van der Waals surface area contributed by atoms with Crippen LogP contribution in [0, 0.1) is 19.7 Å². The van der Waals surface area contributed by atoms with E-state index < -0.39 is 11.7 Å². The molecule has 0 heterocycles. The summed E-state index contributed by atoms with van der Waals surface area (Å²) in [5.41, 5.74) is 2.93. The van der Waals surface area contributed by atoms with Crippen LogP contribution in [0.3, 0.4) is 0 Å². The summed E-state index contributed by atoms with van der Waals surface area (Å²) < 4.78 is 19.0. The van der Waals surface area contributed by atoms with E-state index in [9.17, 15) is 9.18 Å². The Morgan fingerprint density at radius 1 is 1.37 bits per heavy atom. The molecule has 0 unspecified atom stereocenters. The lowest BCUT2D eigenvalue weighted by molar-refractivity contribution is 0.0945. The molecular formula is C15H18FNO2. The predicted molar refractivity (Wildman–Crippen MR) is 71.5 cm³/mol. The van der Waals surface area contributed by atoms with Crippen LogP contribution in [-0.2, 0) is 4.74 Å². The molecule has 0 aliphatic heterocycles. The van der Waals surface area contributed by atoms with Crippen LogP contribution in [0.15, 0.2) is 23.5 Å². The lowest BCUT2D eigenvalue weighted by Crippen LogP contribution is -2.28. The maximum Gasteiger partial charge on any atom is 0.254 e. The highest BCUT2D eigenvalue weighted by Gasteiger charge is 2.20. The third-order valence-electron chi connectivity index (χ3n) is 3.46. The molecule has 1 amide bonds. The number of amides is 1. The molecule has 19 heavy (non-hydrogen) atoms. The van der Waals surface area contributed by atoms with Gasteiger partial charge >= 0.3 is 0 Å². The first kappa shape index (κ1) is 13.6. The van der Waals surface area contributed by atoms with Crippen molar-refractivity contribution in [3.8, 4) is 0 Å². The molecule has 1 aliphatic rings. The molecule has 0 saturated heterocycles. The van der Waals surface area contributed by atoms with Crippen LogP contribution >= 0.6 is 0 Å². The molecule has 1 N–H and O–H groups in total. The molecule has 3 nitrogen and oxygen atoms in total. The lowest BCUT2D eigenvalue weighted by Gasteiger charge is -2.12. The van der Waals surface area contributed by atoms with Crippen LogP contribution in [0.4, 0.5) is 4.39 Å². The molecule has 0 radical (unpaired) electrons. The third-order valence-corrected chi connectivity index (χ3v) is 3.46. The number of carbonyl (C=O) groups excluding carboxylic acids is 1. The molecule has 1 saturated carbocycles. The smallest absolute Gasteiger partial charge is 0.254 e. The zero-order chi connectivity index (χ0) is 14.0. The molecule has 0 bridgehead atoms. The van der Waals surface area contributed by atoms with Crippen molar-refractivity contribution in [1.82, 2.24) is 5.32 Å². The van der Waals surface area contributed by atoms with Crippen molar-refractivity contribution in [2.45, 2.75) is 26.7 Å². The summed E-state index contributed by atoms with van der Waals surface area (Å²) in [6.45, 7) is 3.93. The second-order valence-electron chi connectivity index (χ2n) is 4.78. The monoisotopic (exact) mass is 263 g/mol. The van der Waals surface area contributed by atoms with Crippen LogP contribution in [0.25, 0.3) is 0 Å². The SMILES string of the molecule is COC(CNC(=O)c1c(F)ccc(C)c1C)=C1CC1. The van der Waals surface area contributed by atoms with Crippen molar-refractivity contribution in [1.29, 1.82) is 0 Å². The quantitative estimate of drug-likeness (QED) is 0.848. The van der Waals surface area contributed by atoms with Crippen molar-refractivity contribution in [2.24, 2.45) is 0 Å². The number of rotatable bonds is 4. The zero-order valence-corrected chi connectivity index (χ0v) is 11.5. The predicted octanol–water partition coefficient (Wildman–Crippen LogP) is 2.87. The van der Waals surface area contributed by atoms with Gasteiger partial charge in [0.05, 0.1) is 19.2 Å². The fraction of sp³-hybridized carbons (Fsp3) is 0.400. The van der Waals surface area contributed by atoms with Gasteiger partial charge in [-0.2, -0.15) is 0 Å². The number of hydrogen-bond donors (Lipinski definition) is 1. The third kappa shape index (κ3) is 2.95. The molecule has 102 valence electrons. The van der Waals surface area contributed by atoms with Crippen molar-refractivity contribution >= 4 is 5.91 Å². The first-order chi connectivity index (χ1) is 9.04. The van der Waals surface area contributed by atoms with E-state index >= 15 is 0 Å². The van der Waals surface area contributed by atoms with Gasteiger partial charge in [-0.05, 0) is 49.5 Å². The summed E-state index contributed by atoms with van der Waals surface area (Å²) in [6, 6.07) is 3.00. The minimum Gasteiger partial charge on any atom is -0.499 e. The fourth-order valence-electron chi connectivity index (χ4n) is 1.99. The van der Waals surface area contributed by atoms with E-state index in [0.717, 1.165) is 24.2 Å². The van der Waals surface area contributed by atoms with Crippen molar-refractivity contribution in [3.05, 3.63) is 46.0 Å². The number of benzene rings is 1. The highest BCUT2D eigenvalue weighted by atomic mass is 19.1. The normalized spacial score (nSPS) is 13.2. The summed E-state index contributed by atoms with van der Waals surface area (Å²) >= 11 is 0. The number of carbonyl (C=O) groups is 1. The van der Waals surface area contributed by atoms with Crippen LogP contribution < -0.4 is 5.32 Å². The molecule has 1 aromatic carbocycles. The van der Waals surface area contributed by atoms with Gasteiger partial charge in [0.15, 0.2) is 0 Å². The summed E-state index contributed by atoms with van der Waals surface area (Å²) in [5.74, 6) is -0.0905. The summed E-state index contributed by atoms with van der Waals surface area (Å²) in [4.78, 5) is 12.1. The molecule has 0 spiro atoms. The van der Waals surface area contributed by atoms with Gasteiger partial charge in [0.2, 0.25) is 0 Å². The average molecular weight is 263 g/mol. The highest BCUT2D eigenvalue weighted by Crippen LogP contribution is 2.31. The first-order valence-electron chi connectivity index (χ1n) is 6.33. The van der Waals surface area contributed by atoms with Gasteiger partial charge in [0.1, 0.15) is 11.6 Å². The van der Waals surface area contributed by atoms with Crippen molar-refractivity contribution in [3.63, 3.8) is 0 Å². The fourth-order valence-corrected chi connectivity index (χ4v) is 1.99. The molecule has 1 fully saturated rings. The Hall–Kier alpha value is -1.84. The topological polar surface area (TPSA) is 38.3 Å². The maximum absolute atomic E-state index is 13.8. The molecule has 2 rings (SSSR count). The molecular weight excluding hydrogens is 245 g/mol. The lowest BCUT2D eigenvalue weighted by atomic mass is 10.0.